The number of nitrogens with one attached hydrogen (secondary N) is 1. The number of aromatic amines is 1. The van der Waals surface area contributed by atoms with E-state index in [2.05, 4.69) is 4.98 Å². The lowest BCUT2D eigenvalue weighted by molar-refractivity contribution is -0.123. The average molecular weight is 670 g/mol. The summed E-state index contributed by atoms with van der Waals surface area (Å²) in [6.45, 7) is 0.331. The second kappa shape index (κ2) is 10.4. The van der Waals surface area contributed by atoms with Crippen molar-refractivity contribution < 1.29 is 14.3 Å². The molecule has 3 fully saturated rings. The van der Waals surface area contributed by atoms with E-state index in [0.717, 1.165) is 27.5 Å². The second-order valence-electron chi connectivity index (χ2n) is 11.5. The molecule has 1 aromatic heterocycles. The number of anilines is 1. The zero-order valence-corrected chi connectivity index (χ0v) is 26.2. The molecule has 1 saturated heterocycles. The van der Waals surface area contributed by atoms with E-state index in [0.29, 0.717) is 33.1 Å². The summed E-state index contributed by atoms with van der Waals surface area (Å²) in [5.74, 6) is -0.610. The molecule has 2 amide bonds. The fraction of sp³-hybridized carbons (Fsp3) is 0.281. The SMILES string of the molecule is O=C1C2C3CC(C2C(=O)N1c1ccc(Cl)cc1)C1C3Sc2[nH]c(=O)sc2[C@@H]1c1cc(Cl)ccc1OCc1ccc(Cl)cc1. The number of ether oxygens (including phenoxy) is 1. The highest BCUT2D eigenvalue weighted by molar-refractivity contribution is 8.00. The van der Waals surface area contributed by atoms with E-state index in [9.17, 15) is 14.4 Å². The lowest BCUT2D eigenvalue weighted by Gasteiger charge is -2.43. The minimum atomic E-state index is -0.410. The first-order valence-corrected chi connectivity index (χ1v) is 16.8. The molecule has 3 aromatic carbocycles. The summed E-state index contributed by atoms with van der Waals surface area (Å²) in [7, 11) is 0. The van der Waals surface area contributed by atoms with Gasteiger partial charge in [0.25, 0.3) is 0 Å². The summed E-state index contributed by atoms with van der Waals surface area (Å²) >= 11 is 21.6. The lowest BCUT2D eigenvalue weighted by atomic mass is 9.68. The van der Waals surface area contributed by atoms with Gasteiger partial charge >= 0.3 is 4.87 Å². The Bertz CT molecular complexity index is 1840. The van der Waals surface area contributed by atoms with Gasteiger partial charge in [-0.3, -0.25) is 19.3 Å². The molecule has 2 saturated carbocycles. The summed E-state index contributed by atoms with van der Waals surface area (Å²) in [5.41, 5.74) is 2.41. The molecule has 6 nitrogen and oxygen atoms in total. The van der Waals surface area contributed by atoms with Crippen molar-refractivity contribution in [3.63, 3.8) is 0 Å². The highest BCUT2D eigenvalue weighted by atomic mass is 35.5. The van der Waals surface area contributed by atoms with E-state index < -0.39 is 5.92 Å². The minimum absolute atomic E-state index is 0.00965. The normalized spacial score (nSPS) is 28.6. The number of nitrogens with zero attached hydrogens (tertiary/aromatic N) is 1. The maximum atomic E-state index is 14.0. The van der Waals surface area contributed by atoms with E-state index in [1.54, 1.807) is 42.1 Å². The van der Waals surface area contributed by atoms with Crippen LogP contribution in [0.5, 0.6) is 5.75 Å². The number of halogens is 3. The third kappa shape index (κ3) is 4.40. The van der Waals surface area contributed by atoms with Crippen molar-refractivity contribution in [1.29, 1.82) is 0 Å². The van der Waals surface area contributed by atoms with Crippen molar-refractivity contribution in [2.75, 3.05) is 4.90 Å². The van der Waals surface area contributed by atoms with Gasteiger partial charge in [-0.2, -0.15) is 0 Å². The number of imide groups is 1. The summed E-state index contributed by atoms with van der Waals surface area (Å²) in [6.07, 6.45) is 0.792. The number of aromatic nitrogens is 1. The zero-order chi connectivity index (χ0) is 29.6. The van der Waals surface area contributed by atoms with Crippen molar-refractivity contribution in [2.45, 2.75) is 29.2 Å². The fourth-order valence-corrected chi connectivity index (χ4v) is 11.2. The van der Waals surface area contributed by atoms with Crippen molar-refractivity contribution in [1.82, 2.24) is 4.98 Å². The summed E-state index contributed by atoms with van der Waals surface area (Å²) in [6, 6.07) is 20.0. The Balaban J connectivity index is 1.20. The average Bonchev–Trinajstić information content (AvgIpc) is 3.73. The van der Waals surface area contributed by atoms with Crippen molar-refractivity contribution in [2.24, 2.45) is 29.6 Å². The molecule has 218 valence electrons. The van der Waals surface area contributed by atoms with Gasteiger partial charge in [-0.1, -0.05) is 58.3 Å². The Kier molecular flexibility index (Phi) is 6.73. The van der Waals surface area contributed by atoms with Gasteiger partial charge in [-0.05, 0) is 84.3 Å². The highest BCUT2D eigenvalue weighted by Crippen LogP contribution is 2.69. The number of hydrogen-bond acceptors (Lipinski definition) is 6. The van der Waals surface area contributed by atoms with Crippen molar-refractivity contribution >= 4 is 75.4 Å². The lowest BCUT2D eigenvalue weighted by Crippen LogP contribution is -2.42. The molecule has 7 atom stereocenters. The molecular formula is C32H23Cl3N2O4S2. The molecule has 4 aliphatic rings. The van der Waals surface area contributed by atoms with Crippen LogP contribution in [0, 0.1) is 29.6 Å². The van der Waals surface area contributed by atoms with E-state index in [4.69, 9.17) is 39.5 Å². The topological polar surface area (TPSA) is 79.5 Å². The van der Waals surface area contributed by atoms with Crippen LogP contribution in [0.25, 0.3) is 0 Å². The van der Waals surface area contributed by atoms with Crippen LogP contribution in [-0.2, 0) is 16.2 Å². The molecular weight excluding hydrogens is 647 g/mol. The number of carbonyl (C=O) groups is 2. The molecule has 8 rings (SSSR count). The number of rotatable bonds is 5. The van der Waals surface area contributed by atoms with Gasteiger partial charge in [0, 0.05) is 36.7 Å². The largest absolute Gasteiger partial charge is 0.489 e. The van der Waals surface area contributed by atoms with Crippen LogP contribution >= 0.6 is 57.9 Å². The van der Waals surface area contributed by atoms with E-state index in [1.807, 2.05) is 36.4 Å². The van der Waals surface area contributed by atoms with Crippen LogP contribution in [0.3, 0.4) is 0 Å². The fourth-order valence-electron chi connectivity index (χ4n) is 7.85. The van der Waals surface area contributed by atoms with Gasteiger partial charge in [0.15, 0.2) is 0 Å². The second-order valence-corrected chi connectivity index (χ2v) is 15.1. The molecule has 2 aliphatic carbocycles. The number of fused-ring (bicyclic) bond motifs is 9. The molecule has 43 heavy (non-hydrogen) atoms. The molecule has 3 heterocycles. The molecule has 4 aromatic rings. The molecule has 2 bridgehead atoms. The van der Waals surface area contributed by atoms with Crippen molar-refractivity contribution in [3.05, 3.63) is 107 Å². The quantitative estimate of drug-likeness (QED) is 0.221. The number of benzene rings is 3. The first kappa shape index (κ1) is 27.8. The van der Waals surface area contributed by atoms with Gasteiger partial charge in [0.2, 0.25) is 11.8 Å². The number of carbonyl (C=O) groups excluding carboxylic acids is 2. The maximum absolute atomic E-state index is 14.0. The Morgan fingerprint density at radius 2 is 1.49 bits per heavy atom. The Morgan fingerprint density at radius 1 is 0.837 bits per heavy atom. The smallest absolute Gasteiger partial charge is 0.305 e. The van der Waals surface area contributed by atoms with Crippen LogP contribution in [0.4, 0.5) is 5.69 Å². The van der Waals surface area contributed by atoms with Gasteiger partial charge in [-0.15, -0.1) is 11.8 Å². The van der Waals surface area contributed by atoms with Crippen LogP contribution in [-0.4, -0.2) is 22.0 Å². The number of hydrogen-bond donors (Lipinski definition) is 1. The Hall–Kier alpha value is -2.75. The monoisotopic (exact) mass is 668 g/mol. The predicted molar refractivity (Wildman–Crippen MR) is 170 cm³/mol. The number of thiazole rings is 1. The van der Waals surface area contributed by atoms with Crippen LogP contribution in [0.1, 0.15) is 28.3 Å². The molecule has 2 aliphatic heterocycles. The van der Waals surface area contributed by atoms with E-state index >= 15 is 0 Å². The number of thioether (sulfide) groups is 1. The zero-order valence-electron chi connectivity index (χ0n) is 22.3. The van der Waals surface area contributed by atoms with Gasteiger partial charge in [0.05, 0.1) is 22.5 Å². The predicted octanol–water partition coefficient (Wildman–Crippen LogP) is 7.65. The molecule has 0 radical (unpaired) electrons. The minimum Gasteiger partial charge on any atom is -0.489 e. The standard InChI is InChI=1S/C32H23Cl3N2O4S2/c33-15-3-1-14(2-4-15)13-41-22-10-7-17(35)11-19(22)23-24-20-12-21(27(24)42-29-28(23)43-32(40)36-29)26-25(20)30(38)37(31(26)39)18-8-5-16(34)6-9-18/h1-11,20-21,23-27H,12-13H2,(H,36,40)/t20?,21?,23-,24?,25?,26?,27?/m1/s1. The van der Waals surface area contributed by atoms with E-state index in [-0.39, 0.29) is 51.5 Å². The molecule has 1 N–H and O–H groups in total. The maximum Gasteiger partial charge on any atom is 0.305 e. The summed E-state index contributed by atoms with van der Waals surface area (Å²) < 4.78 is 6.40. The van der Waals surface area contributed by atoms with Gasteiger partial charge in [0.1, 0.15) is 12.4 Å². The van der Waals surface area contributed by atoms with Crippen LogP contribution in [0.2, 0.25) is 15.1 Å². The number of amides is 2. The Labute approximate surface area is 270 Å². The van der Waals surface area contributed by atoms with Crippen molar-refractivity contribution in [3.8, 4) is 5.75 Å². The number of H-pyrrole nitrogens is 1. The molecule has 0 spiro atoms. The summed E-state index contributed by atoms with van der Waals surface area (Å²) in [5, 5.41) is 2.65. The van der Waals surface area contributed by atoms with Crippen LogP contribution in [0.15, 0.2) is 76.6 Å². The first-order valence-electron chi connectivity index (χ1n) is 14.0. The van der Waals surface area contributed by atoms with Gasteiger partial charge < -0.3 is 9.72 Å². The first-order chi connectivity index (χ1) is 20.8. The molecule has 11 heteroatoms. The van der Waals surface area contributed by atoms with Crippen LogP contribution < -0.4 is 14.5 Å². The summed E-state index contributed by atoms with van der Waals surface area (Å²) in [4.78, 5) is 45.8. The Morgan fingerprint density at radius 3 is 2.21 bits per heavy atom. The third-order valence-electron chi connectivity index (χ3n) is 9.42. The van der Waals surface area contributed by atoms with Gasteiger partial charge in [-0.25, -0.2) is 0 Å². The third-order valence-corrected chi connectivity index (χ3v) is 12.8. The van der Waals surface area contributed by atoms with E-state index in [1.165, 1.54) is 16.2 Å². The highest BCUT2D eigenvalue weighted by Gasteiger charge is 2.69. The molecule has 6 unspecified atom stereocenters.